The van der Waals surface area contributed by atoms with Crippen LogP contribution in [0.15, 0.2) is 24.3 Å². The second-order valence-corrected chi connectivity index (χ2v) is 8.86. The highest BCUT2D eigenvalue weighted by molar-refractivity contribution is 7.09. The summed E-state index contributed by atoms with van der Waals surface area (Å²) in [6.07, 6.45) is 0.379. The number of carboxylic acid groups (broad SMARTS) is 1. The van der Waals surface area contributed by atoms with E-state index in [1.807, 2.05) is 48.2 Å². The van der Waals surface area contributed by atoms with Gasteiger partial charge in [-0.15, -0.1) is 0 Å². The van der Waals surface area contributed by atoms with E-state index in [-0.39, 0.29) is 24.3 Å². The highest BCUT2D eigenvalue weighted by Crippen LogP contribution is 2.28. The third-order valence-electron chi connectivity index (χ3n) is 5.13. The van der Waals surface area contributed by atoms with E-state index in [1.54, 1.807) is 0 Å². The SMILES string of the molecule is CN(C)c1nsc(N2C[C@@H]3COC[C@H](C2)N(C(=O)Cc2ccc(Cl)cc2)C3)n1.O=CO. The molecule has 2 aliphatic rings. The van der Waals surface area contributed by atoms with Crippen molar-refractivity contribution in [1.29, 1.82) is 0 Å². The smallest absolute Gasteiger partial charge is 0.290 e. The molecule has 1 N–H and O–H groups in total. The first-order valence-electron chi connectivity index (χ1n) is 9.86. The second-order valence-electron chi connectivity index (χ2n) is 7.69. The summed E-state index contributed by atoms with van der Waals surface area (Å²) in [5.41, 5.74) is 0.978. The van der Waals surface area contributed by atoms with Gasteiger partial charge in [0.15, 0.2) is 0 Å². The monoisotopic (exact) mass is 467 g/mol. The molecule has 2 fully saturated rings. The average Bonchev–Trinajstić information content (AvgIpc) is 3.03. The molecule has 1 aromatic carbocycles. The zero-order valence-electron chi connectivity index (χ0n) is 17.5. The Labute approximate surface area is 190 Å². The zero-order chi connectivity index (χ0) is 22.4. The number of benzene rings is 1. The molecular weight excluding hydrogens is 442 g/mol. The van der Waals surface area contributed by atoms with Crippen LogP contribution in [-0.4, -0.2) is 84.7 Å². The van der Waals surface area contributed by atoms with Crippen molar-refractivity contribution in [3.8, 4) is 0 Å². The first kappa shape index (κ1) is 23.2. The van der Waals surface area contributed by atoms with Gasteiger partial charge in [-0.05, 0) is 17.7 Å². The van der Waals surface area contributed by atoms with E-state index in [0.717, 1.165) is 23.2 Å². The van der Waals surface area contributed by atoms with Crippen LogP contribution in [0.5, 0.6) is 0 Å². The Balaban J connectivity index is 0.000000858. The number of fused-ring (bicyclic) bond motifs is 3. The predicted octanol–water partition coefficient (Wildman–Crippen LogP) is 1.86. The molecule has 9 nitrogen and oxygen atoms in total. The van der Waals surface area contributed by atoms with Gasteiger partial charge in [0.25, 0.3) is 6.47 Å². The van der Waals surface area contributed by atoms with Crippen LogP contribution in [0.1, 0.15) is 5.56 Å². The lowest BCUT2D eigenvalue weighted by molar-refractivity contribution is -0.133. The summed E-state index contributed by atoms with van der Waals surface area (Å²) in [6, 6.07) is 7.49. The van der Waals surface area contributed by atoms with Crippen LogP contribution in [0.3, 0.4) is 0 Å². The van der Waals surface area contributed by atoms with Crippen LogP contribution in [0.2, 0.25) is 5.02 Å². The minimum atomic E-state index is -0.250. The molecule has 11 heteroatoms. The molecule has 2 atom stereocenters. The fourth-order valence-electron chi connectivity index (χ4n) is 3.70. The normalized spacial score (nSPS) is 20.4. The quantitative estimate of drug-likeness (QED) is 0.680. The van der Waals surface area contributed by atoms with Gasteiger partial charge in [0.05, 0.1) is 25.7 Å². The molecule has 2 aromatic rings. The molecule has 0 unspecified atom stereocenters. The topological polar surface area (TPSA) is 99.1 Å². The number of carbonyl (C=O) groups excluding carboxylic acids is 1. The van der Waals surface area contributed by atoms with Crippen molar-refractivity contribution in [3.05, 3.63) is 34.9 Å². The van der Waals surface area contributed by atoms with Gasteiger partial charge in [-0.25, -0.2) is 0 Å². The highest BCUT2D eigenvalue weighted by Gasteiger charge is 2.36. The number of rotatable bonds is 4. The molecule has 2 bridgehead atoms. The van der Waals surface area contributed by atoms with E-state index < -0.39 is 0 Å². The first-order valence-corrected chi connectivity index (χ1v) is 11.0. The van der Waals surface area contributed by atoms with Gasteiger partial charge in [-0.1, -0.05) is 23.7 Å². The third kappa shape index (κ3) is 6.05. The molecule has 0 saturated carbocycles. The van der Waals surface area contributed by atoms with Gasteiger partial charge in [-0.2, -0.15) is 9.36 Å². The van der Waals surface area contributed by atoms with Gasteiger partial charge in [0, 0.05) is 56.2 Å². The lowest BCUT2D eigenvalue weighted by Crippen LogP contribution is -2.47. The summed E-state index contributed by atoms with van der Waals surface area (Å²) < 4.78 is 10.3. The average molecular weight is 468 g/mol. The lowest BCUT2D eigenvalue weighted by Gasteiger charge is -2.31. The second kappa shape index (κ2) is 10.7. The van der Waals surface area contributed by atoms with Crippen LogP contribution in [-0.2, 0) is 20.7 Å². The van der Waals surface area contributed by atoms with Crippen molar-refractivity contribution >= 4 is 46.6 Å². The summed E-state index contributed by atoms with van der Waals surface area (Å²) in [5, 5.41) is 8.48. The number of amides is 1. The number of hydrogen-bond acceptors (Lipinski definition) is 8. The van der Waals surface area contributed by atoms with Crippen molar-refractivity contribution in [2.75, 3.05) is 56.7 Å². The minimum Gasteiger partial charge on any atom is -0.483 e. The van der Waals surface area contributed by atoms with E-state index in [4.69, 9.17) is 26.2 Å². The first-order chi connectivity index (χ1) is 14.9. The number of nitrogens with zero attached hydrogens (tertiary/aromatic N) is 5. The van der Waals surface area contributed by atoms with E-state index in [9.17, 15) is 4.79 Å². The molecule has 0 spiro atoms. The third-order valence-corrected chi connectivity index (χ3v) is 6.15. The molecule has 0 radical (unpaired) electrons. The Hall–Kier alpha value is -2.43. The van der Waals surface area contributed by atoms with E-state index in [0.29, 0.717) is 37.7 Å². The van der Waals surface area contributed by atoms with E-state index in [1.165, 1.54) is 11.5 Å². The number of halogens is 1. The van der Waals surface area contributed by atoms with Gasteiger partial charge in [-0.3, -0.25) is 9.59 Å². The number of aromatic nitrogens is 2. The Morgan fingerprint density at radius 2 is 2.00 bits per heavy atom. The lowest BCUT2D eigenvalue weighted by atomic mass is 10.1. The largest absolute Gasteiger partial charge is 0.483 e. The van der Waals surface area contributed by atoms with Crippen LogP contribution in [0.25, 0.3) is 0 Å². The van der Waals surface area contributed by atoms with E-state index >= 15 is 0 Å². The summed E-state index contributed by atoms with van der Waals surface area (Å²) >= 11 is 7.37. The number of hydrogen-bond donors (Lipinski definition) is 1. The molecule has 4 rings (SSSR count). The van der Waals surface area contributed by atoms with Crippen molar-refractivity contribution in [2.24, 2.45) is 5.92 Å². The molecule has 1 aromatic heterocycles. The number of carbonyl (C=O) groups is 2. The summed E-state index contributed by atoms with van der Waals surface area (Å²) in [7, 11) is 3.88. The van der Waals surface area contributed by atoms with Gasteiger partial charge in [0.1, 0.15) is 0 Å². The van der Waals surface area contributed by atoms with Crippen molar-refractivity contribution in [2.45, 2.75) is 12.5 Å². The van der Waals surface area contributed by atoms with Gasteiger partial charge >= 0.3 is 0 Å². The summed E-state index contributed by atoms with van der Waals surface area (Å²) in [5.74, 6) is 1.12. The number of ether oxygens (including phenoxy) is 1. The van der Waals surface area contributed by atoms with Crippen molar-refractivity contribution in [3.63, 3.8) is 0 Å². The Morgan fingerprint density at radius 1 is 1.29 bits per heavy atom. The fourth-order valence-corrected chi connectivity index (χ4v) is 4.58. The Kier molecular flexibility index (Phi) is 8.05. The summed E-state index contributed by atoms with van der Waals surface area (Å²) in [6.45, 7) is 3.22. The fraction of sp³-hybridized carbons (Fsp3) is 0.500. The van der Waals surface area contributed by atoms with Crippen molar-refractivity contribution in [1.82, 2.24) is 14.3 Å². The predicted molar refractivity (Wildman–Crippen MR) is 120 cm³/mol. The standard InChI is InChI=1S/C19H24ClN5O2S.CH2O2/c1-23(2)18-21-19(28-22-18)24-8-14-9-25(16(10-24)12-27-11-14)17(26)7-13-3-5-15(20)6-4-13;2-1-3/h3-6,14,16H,7-12H2,1-2H3;1H,(H,2,3)/t14-,16-;/m0./s1. The van der Waals surface area contributed by atoms with Crippen LogP contribution in [0, 0.1) is 5.92 Å². The van der Waals surface area contributed by atoms with Crippen LogP contribution < -0.4 is 9.80 Å². The summed E-state index contributed by atoms with van der Waals surface area (Å²) in [4.78, 5) is 32.3. The molecular formula is C20H26ClN5O4S. The van der Waals surface area contributed by atoms with Crippen LogP contribution in [0.4, 0.5) is 11.1 Å². The zero-order valence-corrected chi connectivity index (χ0v) is 19.1. The Morgan fingerprint density at radius 3 is 2.65 bits per heavy atom. The van der Waals surface area contributed by atoms with E-state index in [2.05, 4.69) is 14.3 Å². The van der Waals surface area contributed by atoms with Crippen molar-refractivity contribution < 1.29 is 19.4 Å². The maximum Gasteiger partial charge on any atom is 0.290 e. The maximum atomic E-state index is 13.1. The van der Waals surface area contributed by atoms with Crippen LogP contribution >= 0.6 is 23.1 Å². The Bertz CT molecular complexity index is 879. The number of anilines is 2. The molecule has 168 valence electrons. The molecule has 31 heavy (non-hydrogen) atoms. The maximum absolute atomic E-state index is 13.1. The van der Waals surface area contributed by atoms with Gasteiger partial charge in [0.2, 0.25) is 17.0 Å². The molecule has 3 heterocycles. The molecule has 1 amide bonds. The molecule has 0 aliphatic carbocycles. The molecule has 2 aliphatic heterocycles. The minimum absolute atomic E-state index is 0.0130. The highest BCUT2D eigenvalue weighted by atomic mass is 35.5. The van der Waals surface area contributed by atoms with Gasteiger partial charge < -0.3 is 24.5 Å². The molecule has 2 saturated heterocycles.